The highest BCUT2D eigenvalue weighted by Crippen LogP contribution is 2.27. The van der Waals surface area contributed by atoms with E-state index in [1.165, 1.54) is 31.7 Å². The molecular weight excluding hydrogens is 266 g/mol. The molecule has 1 aromatic carbocycles. The summed E-state index contributed by atoms with van der Waals surface area (Å²) in [4.78, 5) is 15.0. The van der Waals surface area contributed by atoms with E-state index in [1.54, 1.807) is 12.1 Å². The van der Waals surface area contributed by atoms with E-state index in [9.17, 15) is 10.1 Å². The number of hydrogen-bond donors (Lipinski definition) is 1. The summed E-state index contributed by atoms with van der Waals surface area (Å²) in [6.07, 6.45) is 5.02. The first kappa shape index (κ1) is 13.8. The monoisotopic (exact) mass is 285 g/mol. The van der Waals surface area contributed by atoms with Gasteiger partial charge in [0.25, 0.3) is 5.69 Å². The van der Waals surface area contributed by atoms with Crippen molar-refractivity contribution in [3.8, 4) is 0 Å². The quantitative estimate of drug-likeness (QED) is 0.680. The zero-order chi connectivity index (χ0) is 14.8. The fourth-order valence-corrected chi connectivity index (χ4v) is 3.03. The number of nitrogens with zero attached hydrogens (tertiary/aromatic N) is 2. The van der Waals surface area contributed by atoms with Gasteiger partial charge in [0.05, 0.1) is 10.4 Å². The summed E-state index contributed by atoms with van der Waals surface area (Å²) in [6.45, 7) is 2.28. The predicted octanol–water partition coefficient (Wildman–Crippen LogP) is 4.13. The smallest absolute Gasteiger partial charge is 0.270 e. The molecule has 0 aliphatic heterocycles. The van der Waals surface area contributed by atoms with Crippen LogP contribution in [0.5, 0.6) is 0 Å². The molecule has 0 amide bonds. The first-order valence-corrected chi connectivity index (χ1v) is 7.45. The minimum atomic E-state index is -0.380. The number of hydrogen-bond acceptors (Lipinski definition) is 4. The molecule has 21 heavy (non-hydrogen) atoms. The molecule has 0 radical (unpaired) electrons. The molecule has 1 saturated carbocycles. The summed E-state index contributed by atoms with van der Waals surface area (Å²) in [5, 5.41) is 15.1. The van der Waals surface area contributed by atoms with Crippen LogP contribution in [-0.2, 0) is 0 Å². The molecule has 0 bridgehead atoms. The maximum atomic E-state index is 10.8. The molecule has 1 fully saturated rings. The summed E-state index contributed by atoms with van der Waals surface area (Å²) in [7, 11) is 0. The molecule has 1 aliphatic rings. The summed E-state index contributed by atoms with van der Waals surface area (Å²) >= 11 is 0. The number of benzene rings is 1. The highest BCUT2D eigenvalue weighted by atomic mass is 16.6. The SMILES string of the molecule is CC1CCCCC1Nc1ccc2cc([N+](=O)[O-])ccc2n1. The molecule has 2 unspecified atom stereocenters. The third kappa shape index (κ3) is 2.96. The molecule has 0 spiro atoms. The first-order valence-electron chi connectivity index (χ1n) is 7.45. The lowest BCUT2D eigenvalue weighted by Gasteiger charge is -2.29. The van der Waals surface area contributed by atoms with Crippen molar-refractivity contribution in [3.63, 3.8) is 0 Å². The molecule has 5 heteroatoms. The van der Waals surface area contributed by atoms with Crippen molar-refractivity contribution in [1.29, 1.82) is 0 Å². The molecule has 110 valence electrons. The molecule has 1 aliphatic carbocycles. The Morgan fingerprint density at radius 2 is 2.05 bits per heavy atom. The van der Waals surface area contributed by atoms with Gasteiger partial charge in [-0.25, -0.2) is 4.98 Å². The van der Waals surface area contributed by atoms with Gasteiger partial charge in [-0.3, -0.25) is 10.1 Å². The molecule has 2 aromatic rings. The maximum absolute atomic E-state index is 10.8. The van der Waals surface area contributed by atoms with Gasteiger partial charge in [-0.2, -0.15) is 0 Å². The summed E-state index contributed by atoms with van der Waals surface area (Å²) in [5.41, 5.74) is 0.889. The number of nitro benzene ring substituents is 1. The maximum Gasteiger partial charge on any atom is 0.270 e. The van der Waals surface area contributed by atoms with Crippen LogP contribution in [0.15, 0.2) is 30.3 Å². The Kier molecular flexibility index (Phi) is 3.73. The van der Waals surface area contributed by atoms with Crippen LogP contribution in [0.4, 0.5) is 11.5 Å². The van der Waals surface area contributed by atoms with Gasteiger partial charge >= 0.3 is 0 Å². The lowest BCUT2D eigenvalue weighted by Crippen LogP contribution is -2.30. The minimum absolute atomic E-state index is 0.103. The van der Waals surface area contributed by atoms with E-state index in [1.807, 2.05) is 12.1 Å². The van der Waals surface area contributed by atoms with Crippen LogP contribution in [-0.4, -0.2) is 15.9 Å². The Bertz CT molecular complexity index is 672. The Labute approximate surface area is 123 Å². The number of fused-ring (bicyclic) bond motifs is 1. The Morgan fingerprint density at radius 3 is 2.81 bits per heavy atom. The number of nitro groups is 1. The Hall–Kier alpha value is -2.17. The zero-order valence-electron chi connectivity index (χ0n) is 12.1. The summed E-state index contributed by atoms with van der Waals surface area (Å²) in [6, 6.07) is 9.06. The molecule has 5 nitrogen and oxygen atoms in total. The third-order valence-electron chi connectivity index (χ3n) is 4.33. The minimum Gasteiger partial charge on any atom is -0.367 e. The van der Waals surface area contributed by atoms with Gasteiger partial charge in [-0.15, -0.1) is 0 Å². The van der Waals surface area contributed by atoms with Crippen LogP contribution in [0.3, 0.4) is 0 Å². The summed E-state index contributed by atoms with van der Waals surface area (Å²) < 4.78 is 0. The van der Waals surface area contributed by atoms with E-state index < -0.39 is 0 Å². The average molecular weight is 285 g/mol. The van der Waals surface area contributed by atoms with Crippen LogP contribution in [0.25, 0.3) is 10.9 Å². The van der Waals surface area contributed by atoms with E-state index in [-0.39, 0.29) is 10.6 Å². The van der Waals surface area contributed by atoms with E-state index >= 15 is 0 Å². The van der Waals surface area contributed by atoms with Gasteiger partial charge in [0, 0.05) is 23.6 Å². The second-order valence-electron chi connectivity index (χ2n) is 5.84. The van der Waals surface area contributed by atoms with Crippen LogP contribution >= 0.6 is 0 Å². The summed E-state index contributed by atoms with van der Waals surface area (Å²) in [5.74, 6) is 1.52. The van der Waals surface area contributed by atoms with Crippen molar-refractivity contribution in [1.82, 2.24) is 4.98 Å². The van der Waals surface area contributed by atoms with Crippen molar-refractivity contribution in [2.45, 2.75) is 38.6 Å². The van der Waals surface area contributed by atoms with Crippen molar-refractivity contribution in [3.05, 3.63) is 40.4 Å². The molecule has 1 heterocycles. The van der Waals surface area contributed by atoms with Crippen LogP contribution in [0.2, 0.25) is 0 Å². The van der Waals surface area contributed by atoms with Gasteiger partial charge in [-0.1, -0.05) is 19.8 Å². The third-order valence-corrected chi connectivity index (χ3v) is 4.33. The van der Waals surface area contributed by atoms with Crippen molar-refractivity contribution in [2.75, 3.05) is 5.32 Å². The van der Waals surface area contributed by atoms with Gasteiger partial charge < -0.3 is 5.32 Å². The van der Waals surface area contributed by atoms with Crippen LogP contribution in [0.1, 0.15) is 32.6 Å². The lowest BCUT2D eigenvalue weighted by atomic mass is 9.86. The van der Waals surface area contributed by atoms with Gasteiger partial charge in [-0.05, 0) is 37.0 Å². The largest absolute Gasteiger partial charge is 0.367 e. The van der Waals surface area contributed by atoms with Gasteiger partial charge in [0.15, 0.2) is 0 Å². The fourth-order valence-electron chi connectivity index (χ4n) is 3.03. The number of rotatable bonds is 3. The number of aromatic nitrogens is 1. The average Bonchev–Trinajstić information content (AvgIpc) is 2.49. The van der Waals surface area contributed by atoms with Crippen molar-refractivity contribution < 1.29 is 4.92 Å². The van der Waals surface area contributed by atoms with E-state index in [0.29, 0.717) is 12.0 Å². The van der Waals surface area contributed by atoms with Crippen LogP contribution < -0.4 is 5.32 Å². The topological polar surface area (TPSA) is 68.1 Å². The molecule has 1 N–H and O–H groups in total. The fraction of sp³-hybridized carbons (Fsp3) is 0.438. The van der Waals surface area contributed by atoms with Crippen molar-refractivity contribution in [2.24, 2.45) is 5.92 Å². The van der Waals surface area contributed by atoms with Gasteiger partial charge in [0.2, 0.25) is 0 Å². The highest BCUT2D eigenvalue weighted by Gasteiger charge is 2.21. The zero-order valence-corrected chi connectivity index (χ0v) is 12.1. The van der Waals surface area contributed by atoms with E-state index in [0.717, 1.165) is 16.7 Å². The second-order valence-corrected chi connectivity index (χ2v) is 5.84. The molecule has 3 rings (SSSR count). The molecular formula is C16H19N3O2. The normalized spacial score (nSPS) is 22.1. The Morgan fingerprint density at radius 1 is 1.24 bits per heavy atom. The van der Waals surface area contributed by atoms with Crippen LogP contribution in [0, 0.1) is 16.0 Å². The number of pyridine rings is 1. The standard InChI is InChI=1S/C16H19N3O2/c1-11-4-2-3-5-14(11)17-16-9-6-12-10-13(19(20)21)7-8-15(12)18-16/h6-11,14H,2-5H2,1H3,(H,17,18). The van der Waals surface area contributed by atoms with E-state index in [4.69, 9.17) is 0 Å². The number of non-ortho nitro benzene ring substituents is 1. The highest BCUT2D eigenvalue weighted by molar-refractivity contribution is 5.82. The number of anilines is 1. The molecule has 2 atom stereocenters. The molecule has 0 saturated heterocycles. The number of nitrogens with one attached hydrogen (secondary N) is 1. The molecule has 1 aromatic heterocycles. The Balaban J connectivity index is 1.84. The second kappa shape index (κ2) is 5.68. The lowest BCUT2D eigenvalue weighted by molar-refractivity contribution is -0.384. The first-order chi connectivity index (χ1) is 10.1. The van der Waals surface area contributed by atoms with E-state index in [2.05, 4.69) is 17.2 Å². The van der Waals surface area contributed by atoms with Crippen molar-refractivity contribution >= 4 is 22.4 Å². The van der Waals surface area contributed by atoms with Gasteiger partial charge in [0.1, 0.15) is 5.82 Å². The predicted molar refractivity (Wildman–Crippen MR) is 83.4 cm³/mol.